The summed E-state index contributed by atoms with van der Waals surface area (Å²) in [7, 11) is 0. The van der Waals surface area contributed by atoms with Crippen LogP contribution in [0.5, 0.6) is 0 Å². The molecule has 0 bridgehead atoms. The molecular formula is C17H16FNO3. The SMILES string of the molecule is O=C(c1ccccc1F)c1ccc2n1CCCCC2C(=O)O. The molecule has 0 saturated heterocycles. The second-order valence-corrected chi connectivity index (χ2v) is 5.49. The Morgan fingerprint density at radius 2 is 1.91 bits per heavy atom. The minimum atomic E-state index is -0.883. The largest absolute Gasteiger partial charge is 0.481 e. The summed E-state index contributed by atoms with van der Waals surface area (Å²) in [5.74, 6) is -2.46. The minimum absolute atomic E-state index is 0.0134. The van der Waals surface area contributed by atoms with Crippen molar-refractivity contribution in [1.29, 1.82) is 0 Å². The van der Waals surface area contributed by atoms with Gasteiger partial charge in [0.05, 0.1) is 17.2 Å². The Labute approximate surface area is 127 Å². The van der Waals surface area contributed by atoms with E-state index in [0.29, 0.717) is 24.4 Å². The highest BCUT2D eigenvalue weighted by atomic mass is 19.1. The van der Waals surface area contributed by atoms with Crippen molar-refractivity contribution in [1.82, 2.24) is 4.57 Å². The van der Waals surface area contributed by atoms with Crippen molar-refractivity contribution in [2.24, 2.45) is 0 Å². The molecule has 1 aromatic carbocycles. The van der Waals surface area contributed by atoms with Gasteiger partial charge < -0.3 is 9.67 Å². The molecule has 114 valence electrons. The van der Waals surface area contributed by atoms with E-state index < -0.39 is 23.5 Å². The van der Waals surface area contributed by atoms with Gasteiger partial charge >= 0.3 is 5.97 Å². The fourth-order valence-corrected chi connectivity index (χ4v) is 3.03. The van der Waals surface area contributed by atoms with Gasteiger partial charge in [-0.2, -0.15) is 0 Å². The van der Waals surface area contributed by atoms with E-state index in [1.165, 1.54) is 18.2 Å². The molecule has 1 aliphatic heterocycles. The fourth-order valence-electron chi connectivity index (χ4n) is 3.03. The van der Waals surface area contributed by atoms with Crippen LogP contribution < -0.4 is 0 Å². The Bertz CT molecular complexity index is 735. The van der Waals surface area contributed by atoms with Gasteiger partial charge in [-0.25, -0.2) is 4.39 Å². The summed E-state index contributed by atoms with van der Waals surface area (Å²) in [6.45, 7) is 0.585. The van der Waals surface area contributed by atoms with Crippen LogP contribution in [0.3, 0.4) is 0 Å². The van der Waals surface area contributed by atoms with Crippen LogP contribution in [0.2, 0.25) is 0 Å². The fraction of sp³-hybridized carbons (Fsp3) is 0.294. The number of halogens is 1. The molecule has 3 rings (SSSR count). The van der Waals surface area contributed by atoms with Crippen molar-refractivity contribution in [2.45, 2.75) is 31.7 Å². The second kappa shape index (κ2) is 5.75. The second-order valence-electron chi connectivity index (χ2n) is 5.49. The molecule has 0 amide bonds. The maximum Gasteiger partial charge on any atom is 0.312 e. The highest BCUT2D eigenvalue weighted by molar-refractivity contribution is 6.08. The summed E-state index contributed by atoms with van der Waals surface area (Å²) in [5.41, 5.74) is 0.998. The van der Waals surface area contributed by atoms with Crippen molar-refractivity contribution in [3.8, 4) is 0 Å². The van der Waals surface area contributed by atoms with Gasteiger partial charge in [0.15, 0.2) is 0 Å². The summed E-state index contributed by atoms with van der Waals surface area (Å²) in [5, 5.41) is 9.36. The molecule has 4 nitrogen and oxygen atoms in total. The molecule has 2 aromatic rings. The summed E-state index contributed by atoms with van der Waals surface area (Å²) >= 11 is 0. The lowest BCUT2D eigenvalue weighted by Gasteiger charge is -2.13. The van der Waals surface area contributed by atoms with Crippen molar-refractivity contribution < 1.29 is 19.1 Å². The third-order valence-electron chi connectivity index (χ3n) is 4.15. The average Bonchev–Trinajstić information content (AvgIpc) is 2.79. The number of benzene rings is 1. The van der Waals surface area contributed by atoms with Gasteiger partial charge in [0.2, 0.25) is 5.78 Å². The Hall–Kier alpha value is -2.43. The molecule has 1 atom stereocenters. The number of carbonyl (C=O) groups is 2. The Balaban J connectivity index is 2.05. The number of hydrogen-bond donors (Lipinski definition) is 1. The summed E-state index contributed by atoms with van der Waals surface area (Å²) in [6, 6.07) is 9.12. The molecule has 0 spiro atoms. The van der Waals surface area contributed by atoms with Crippen LogP contribution >= 0.6 is 0 Å². The summed E-state index contributed by atoms with van der Waals surface area (Å²) < 4.78 is 15.6. The van der Waals surface area contributed by atoms with Gasteiger partial charge in [-0.3, -0.25) is 9.59 Å². The number of hydrogen-bond acceptors (Lipinski definition) is 2. The van der Waals surface area contributed by atoms with Gasteiger partial charge in [-0.15, -0.1) is 0 Å². The molecule has 0 saturated carbocycles. The van der Waals surface area contributed by atoms with Gasteiger partial charge in [0, 0.05) is 12.2 Å². The Kier molecular flexibility index (Phi) is 3.79. The van der Waals surface area contributed by atoms with Crippen molar-refractivity contribution in [3.05, 3.63) is 59.2 Å². The molecule has 0 radical (unpaired) electrons. The van der Waals surface area contributed by atoms with Crippen LogP contribution in [-0.4, -0.2) is 21.4 Å². The standard InChI is InChI=1S/C17H16FNO3/c18-13-7-2-1-5-11(13)16(20)15-9-8-14-12(17(21)22)6-3-4-10-19(14)15/h1-2,5,7-9,12H,3-4,6,10H2,(H,21,22). The molecule has 1 N–H and O–H groups in total. The number of carbonyl (C=O) groups excluding carboxylic acids is 1. The van der Waals surface area contributed by atoms with Crippen LogP contribution in [0, 0.1) is 5.82 Å². The van der Waals surface area contributed by atoms with Gasteiger partial charge in [-0.1, -0.05) is 18.6 Å². The predicted molar refractivity (Wildman–Crippen MR) is 78.5 cm³/mol. The van der Waals surface area contributed by atoms with Gasteiger partial charge in [-0.05, 0) is 37.1 Å². The molecule has 1 aromatic heterocycles. The molecule has 0 aliphatic carbocycles. The van der Waals surface area contributed by atoms with Crippen LogP contribution in [0.15, 0.2) is 36.4 Å². The smallest absolute Gasteiger partial charge is 0.312 e. The van der Waals surface area contributed by atoms with Crippen molar-refractivity contribution in [2.75, 3.05) is 0 Å². The first-order valence-electron chi connectivity index (χ1n) is 7.31. The maximum absolute atomic E-state index is 13.8. The lowest BCUT2D eigenvalue weighted by atomic mass is 10.0. The van der Waals surface area contributed by atoms with Crippen molar-refractivity contribution >= 4 is 11.8 Å². The van der Waals surface area contributed by atoms with E-state index in [-0.39, 0.29) is 5.56 Å². The zero-order valence-corrected chi connectivity index (χ0v) is 12.0. The topological polar surface area (TPSA) is 59.3 Å². The number of carboxylic acid groups (broad SMARTS) is 1. The molecule has 2 heterocycles. The first-order chi connectivity index (χ1) is 10.6. The number of fused-ring (bicyclic) bond motifs is 1. The first-order valence-corrected chi connectivity index (χ1v) is 7.31. The molecule has 5 heteroatoms. The van der Waals surface area contributed by atoms with Crippen LogP contribution in [0.25, 0.3) is 0 Å². The molecular weight excluding hydrogens is 285 g/mol. The van der Waals surface area contributed by atoms with E-state index in [2.05, 4.69) is 0 Å². The monoisotopic (exact) mass is 301 g/mol. The summed E-state index contributed by atoms with van der Waals surface area (Å²) in [6.07, 6.45) is 2.17. The predicted octanol–water partition coefficient (Wildman–Crippen LogP) is 3.21. The van der Waals surface area contributed by atoms with Crippen LogP contribution in [0.4, 0.5) is 4.39 Å². The van der Waals surface area contributed by atoms with Crippen LogP contribution in [-0.2, 0) is 11.3 Å². The van der Waals surface area contributed by atoms with Crippen LogP contribution in [0.1, 0.15) is 46.9 Å². The minimum Gasteiger partial charge on any atom is -0.481 e. The van der Waals surface area contributed by atoms with E-state index in [1.54, 1.807) is 22.8 Å². The van der Waals surface area contributed by atoms with Gasteiger partial charge in [0.1, 0.15) is 5.82 Å². The zero-order chi connectivity index (χ0) is 15.7. The number of aromatic nitrogens is 1. The summed E-state index contributed by atoms with van der Waals surface area (Å²) in [4.78, 5) is 24.0. The molecule has 0 fully saturated rings. The van der Waals surface area contributed by atoms with E-state index in [0.717, 1.165) is 12.8 Å². The first kappa shape index (κ1) is 14.5. The maximum atomic E-state index is 13.8. The molecule has 1 unspecified atom stereocenters. The highest BCUT2D eigenvalue weighted by Crippen LogP contribution is 2.30. The number of nitrogens with zero attached hydrogens (tertiary/aromatic N) is 1. The average molecular weight is 301 g/mol. The number of rotatable bonds is 3. The third kappa shape index (κ3) is 2.43. The number of ketones is 1. The highest BCUT2D eigenvalue weighted by Gasteiger charge is 2.28. The lowest BCUT2D eigenvalue weighted by Crippen LogP contribution is -2.17. The van der Waals surface area contributed by atoms with E-state index in [9.17, 15) is 19.1 Å². The Morgan fingerprint density at radius 1 is 1.14 bits per heavy atom. The quantitative estimate of drug-likeness (QED) is 0.886. The Morgan fingerprint density at radius 3 is 2.64 bits per heavy atom. The van der Waals surface area contributed by atoms with E-state index in [4.69, 9.17) is 0 Å². The molecule has 1 aliphatic rings. The van der Waals surface area contributed by atoms with E-state index in [1.807, 2.05) is 0 Å². The number of aliphatic carboxylic acids is 1. The molecule has 22 heavy (non-hydrogen) atoms. The van der Waals surface area contributed by atoms with Gasteiger partial charge in [0.25, 0.3) is 0 Å². The van der Waals surface area contributed by atoms with Crippen molar-refractivity contribution in [3.63, 3.8) is 0 Å². The van der Waals surface area contributed by atoms with E-state index >= 15 is 0 Å². The zero-order valence-electron chi connectivity index (χ0n) is 12.0. The third-order valence-corrected chi connectivity index (χ3v) is 4.15. The normalized spacial score (nSPS) is 17.6. The lowest BCUT2D eigenvalue weighted by molar-refractivity contribution is -0.139. The number of carboxylic acids is 1.